The Balaban J connectivity index is 2.25. The lowest BCUT2D eigenvalue weighted by Gasteiger charge is -2.10. The summed E-state index contributed by atoms with van der Waals surface area (Å²) in [6, 6.07) is 7.92. The van der Waals surface area contributed by atoms with Crippen molar-refractivity contribution in [2.45, 2.75) is 13.5 Å². The maximum atomic E-state index is 11.7. The molecule has 0 unspecified atom stereocenters. The van der Waals surface area contributed by atoms with E-state index in [-0.39, 0.29) is 11.5 Å². The van der Waals surface area contributed by atoms with Gasteiger partial charge in [-0.15, -0.1) is 0 Å². The number of hydrogen-bond donors (Lipinski definition) is 3. The average molecular weight is 260 g/mol. The van der Waals surface area contributed by atoms with Crippen molar-refractivity contribution in [3.05, 3.63) is 56.2 Å². The van der Waals surface area contributed by atoms with Gasteiger partial charge < -0.3 is 11.1 Å². The molecule has 1 aromatic heterocycles. The fraction of sp³-hybridized carbons (Fsp3) is 0.231. The van der Waals surface area contributed by atoms with Crippen molar-refractivity contribution < 1.29 is 0 Å². The number of nitrogens with two attached hydrogens (primary N) is 1. The Morgan fingerprint density at radius 1 is 1.26 bits per heavy atom. The summed E-state index contributed by atoms with van der Waals surface area (Å²) < 4.78 is 1.19. The van der Waals surface area contributed by atoms with Crippen LogP contribution in [0.2, 0.25) is 0 Å². The van der Waals surface area contributed by atoms with Crippen molar-refractivity contribution in [3.8, 4) is 0 Å². The Hall–Kier alpha value is -2.50. The average Bonchev–Trinajstić information content (AvgIpc) is 2.38. The van der Waals surface area contributed by atoms with Crippen molar-refractivity contribution >= 4 is 11.5 Å². The third-order valence-corrected chi connectivity index (χ3v) is 2.96. The molecule has 1 heterocycles. The Labute approximate surface area is 109 Å². The molecule has 0 atom stereocenters. The number of rotatable bonds is 3. The van der Waals surface area contributed by atoms with Crippen LogP contribution < -0.4 is 22.3 Å². The molecule has 0 spiro atoms. The van der Waals surface area contributed by atoms with Gasteiger partial charge >= 0.3 is 5.69 Å². The number of nitrogens with one attached hydrogen (secondary N) is 2. The molecule has 6 nitrogen and oxygen atoms in total. The van der Waals surface area contributed by atoms with Gasteiger partial charge in [0.2, 0.25) is 0 Å². The highest BCUT2D eigenvalue weighted by Gasteiger charge is 2.09. The Kier molecular flexibility index (Phi) is 3.41. The summed E-state index contributed by atoms with van der Waals surface area (Å²) in [6.45, 7) is 2.47. The van der Waals surface area contributed by atoms with Gasteiger partial charge in [0.05, 0.1) is 0 Å². The van der Waals surface area contributed by atoms with Gasteiger partial charge in [-0.1, -0.05) is 29.8 Å². The maximum absolute atomic E-state index is 11.7. The first-order valence-electron chi connectivity index (χ1n) is 5.87. The minimum atomic E-state index is -0.525. The number of hydrogen-bond acceptors (Lipinski definition) is 4. The molecule has 0 bridgehead atoms. The zero-order valence-electron chi connectivity index (χ0n) is 10.9. The second-order valence-electron chi connectivity index (χ2n) is 4.42. The smallest absolute Gasteiger partial charge is 0.329 e. The van der Waals surface area contributed by atoms with E-state index in [4.69, 9.17) is 5.73 Å². The second-order valence-corrected chi connectivity index (χ2v) is 4.42. The number of nitrogens with zero attached hydrogens (tertiary/aromatic N) is 1. The summed E-state index contributed by atoms with van der Waals surface area (Å²) in [4.78, 5) is 25.2. The number of H-pyrrole nitrogens is 1. The minimum absolute atomic E-state index is 0.126. The van der Waals surface area contributed by atoms with Gasteiger partial charge in [0.15, 0.2) is 0 Å². The predicted octanol–water partition coefficient (Wildman–Crippen LogP) is 0.576. The summed E-state index contributed by atoms with van der Waals surface area (Å²) in [5.41, 5.74) is 7.13. The molecule has 0 aliphatic rings. The molecular weight excluding hydrogens is 244 g/mol. The normalized spacial score (nSPS) is 10.4. The molecule has 4 N–H and O–H groups in total. The van der Waals surface area contributed by atoms with Crippen LogP contribution in [0.25, 0.3) is 0 Å². The fourth-order valence-corrected chi connectivity index (χ4v) is 1.70. The van der Waals surface area contributed by atoms with Crippen LogP contribution in [0.4, 0.5) is 11.5 Å². The van der Waals surface area contributed by atoms with Gasteiger partial charge in [0.1, 0.15) is 11.5 Å². The Bertz CT molecular complexity index is 698. The van der Waals surface area contributed by atoms with Crippen LogP contribution in [0.3, 0.4) is 0 Å². The largest absolute Gasteiger partial charge is 0.383 e. The molecule has 0 amide bonds. The number of anilines is 2. The van der Waals surface area contributed by atoms with E-state index in [0.29, 0.717) is 6.54 Å². The van der Waals surface area contributed by atoms with Crippen LogP contribution >= 0.6 is 0 Å². The van der Waals surface area contributed by atoms with Gasteiger partial charge in [-0.2, -0.15) is 0 Å². The molecule has 2 rings (SSSR count). The van der Waals surface area contributed by atoms with Crippen LogP contribution in [-0.4, -0.2) is 9.55 Å². The summed E-state index contributed by atoms with van der Waals surface area (Å²) in [5.74, 6) is 0.126. The molecule has 0 saturated carbocycles. The van der Waals surface area contributed by atoms with Crippen molar-refractivity contribution in [1.82, 2.24) is 9.55 Å². The van der Waals surface area contributed by atoms with E-state index in [9.17, 15) is 9.59 Å². The zero-order valence-corrected chi connectivity index (χ0v) is 10.9. The lowest BCUT2D eigenvalue weighted by molar-refractivity contribution is 0.812. The van der Waals surface area contributed by atoms with E-state index >= 15 is 0 Å². The van der Waals surface area contributed by atoms with E-state index in [1.807, 2.05) is 31.2 Å². The molecule has 0 saturated heterocycles. The number of aromatic amines is 1. The number of benzene rings is 1. The highest BCUT2D eigenvalue weighted by Crippen LogP contribution is 2.11. The first kappa shape index (κ1) is 12.9. The molecule has 100 valence electrons. The van der Waals surface area contributed by atoms with Gasteiger partial charge in [0.25, 0.3) is 5.56 Å². The highest BCUT2D eigenvalue weighted by atomic mass is 16.2. The Morgan fingerprint density at radius 2 is 1.89 bits per heavy atom. The second kappa shape index (κ2) is 5.01. The Morgan fingerprint density at radius 3 is 2.53 bits per heavy atom. The lowest BCUT2D eigenvalue weighted by Crippen LogP contribution is -2.32. The van der Waals surface area contributed by atoms with E-state index in [0.717, 1.165) is 5.56 Å². The molecule has 1 aromatic carbocycles. The van der Waals surface area contributed by atoms with Crippen molar-refractivity contribution in [1.29, 1.82) is 0 Å². The van der Waals surface area contributed by atoms with Crippen molar-refractivity contribution in [2.24, 2.45) is 7.05 Å². The number of nitrogen functional groups attached to an aromatic ring is 1. The summed E-state index contributed by atoms with van der Waals surface area (Å²) >= 11 is 0. The van der Waals surface area contributed by atoms with E-state index in [1.54, 1.807) is 0 Å². The molecule has 0 aliphatic carbocycles. The standard InChI is InChI=1S/C13H16N4O2/c1-8-3-5-9(6-4-8)7-15-10-11(14)17(2)13(19)16-12(10)18/h3-6,15H,7,14H2,1-2H3,(H,16,18,19). The SMILES string of the molecule is Cc1ccc(CNc2c(N)n(C)c(=O)[nH]c2=O)cc1. The van der Waals surface area contributed by atoms with Gasteiger partial charge in [0, 0.05) is 13.6 Å². The van der Waals surface area contributed by atoms with Crippen LogP contribution in [0.1, 0.15) is 11.1 Å². The topological polar surface area (TPSA) is 92.9 Å². The summed E-state index contributed by atoms with van der Waals surface area (Å²) in [7, 11) is 1.50. The highest BCUT2D eigenvalue weighted by molar-refractivity contribution is 5.60. The molecule has 19 heavy (non-hydrogen) atoms. The van der Waals surface area contributed by atoms with Gasteiger partial charge in [-0.05, 0) is 12.5 Å². The molecule has 2 aromatic rings. The van der Waals surface area contributed by atoms with Crippen molar-refractivity contribution in [2.75, 3.05) is 11.1 Å². The minimum Gasteiger partial charge on any atom is -0.383 e. The zero-order chi connectivity index (χ0) is 14.0. The molecule has 0 aliphatic heterocycles. The van der Waals surface area contributed by atoms with E-state index in [1.165, 1.54) is 17.2 Å². The predicted molar refractivity (Wildman–Crippen MR) is 75.2 cm³/mol. The molecule has 0 radical (unpaired) electrons. The number of aromatic nitrogens is 2. The number of aryl methyl sites for hydroxylation is 1. The fourth-order valence-electron chi connectivity index (χ4n) is 1.70. The molecular formula is C13H16N4O2. The summed E-state index contributed by atoms with van der Waals surface area (Å²) in [5, 5.41) is 2.96. The van der Waals surface area contributed by atoms with E-state index in [2.05, 4.69) is 10.3 Å². The lowest BCUT2D eigenvalue weighted by atomic mass is 10.1. The molecule has 0 fully saturated rings. The van der Waals surface area contributed by atoms with Crippen LogP contribution in [0.5, 0.6) is 0 Å². The first-order valence-corrected chi connectivity index (χ1v) is 5.87. The first-order chi connectivity index (χ1) is 8.99. The quantitative estimate of drug-likeness (QED) is 0.752. The maximum Gasteiger partial charge on any atom is 0.329 e. The van der Waals surface area contributed by atoms with Crippen molar-refractivity contribution in [3.63, 3.8) is 0 Å². The van der Waals surface area contributed by atoms with Crippen LogP contribution in [0.15, 0.2) is 33.9 Å². The van der Waals surface area contributed by atoms with E-state index < -0.39 is 11.2 Å². The summed E-state index contributed by atoms with van der Waals surface area (Å²) in [6.07, 6.45) is 0. The monoisotopic (exact) mass is 260 g/mol. The third-order valence-electron chi connectivity index (χ3n) is 2.96. The van der Waals surface area contributed by atoms with Crippen LogP contribution in [0, 0.1) is 6.92 Å². The van der Waals surface area contributed by atoms with Gasteiger partial charge in [-0.3, -0.25) is 14.3 Å². The van der Waals surface area contributed by atoms with Crippen LogP contribution in [-0.2, 0) is 13.6 Å². The molecule has 6 heteroatoms. The van der Waals surface area contributed by atoms with Gasteiger partial charge in [-0.25, -0.2) is 4.79 Å². The third kappa shape index (κ3) is 2.67.